The zero-order valence-corrected chi connectivity index (χ0v) is 50.4. The molecule has 0 rings (SSSR count). The van der Waals surface area contributed by atoms with Crippen molar-refractivity contribution in [3.63, 3.8) is 0 Å². The van der Waals surface area contributed by atoms with Crippen LogP contribution in [0.3, 0.4) is 0 Å². The van der Waals surface area contributed by atoms with Crippen LogP contribution in [0, 0.1) is 0 Å². The molecule has 0 heterocycles. The van der Waals surface area contributed by atoms with Gasteiger partial charge in [-0.25, -0.2) is 8.78 Å². The van der Waals surface area contributed by atoms with E-state index < -0.39 is 237 Å². The summed E-state index contributed by atoms with van der Waals surface area (Å²) in [7, 11) is 0. The molecule has 0 unspecified atom stereocenters. The summed E-state index contributed by atoms with van der Waals surface area (Å²) in [6, 6.07) is 0. The number of halogens is 78. The highest BCUT2D eigenvalue weighted by Crippen LogP contribution is 2.76. The third-order valence-electron chi connectivity index (χ3n) is 14.9. The van der Waals surface area contributed by atoms with E-state index in [2.05, 4.69) is 0 Å². The van der Waals surface area contributed by atoms with Gasteiger partial charge in [0, 0.05) is 0 Å². The molecule has 0 aliphatic rings. The lowest BCUT2D eigenvalue weighted by molar-refractivity contribution is -0.496. The van der Waals surface area contributed by atoms with Gasteiger partial charge in [0.05, 0.1) is 0 Å². The van der Waals surface area contributed by atoms with Gasteiger partial charge in [-0.1, -0.05) is 0 Å². The third kappa shape index (κ3) is 12.4. The summed E-state index contributed by atoms with van der Waals surface area (Å²) < 4.78 is 1090. The zero-order chi connectivity index (χ0) is 100. The second-order valence-corrected chi connectivity index (χ2v) is 22.4. The summed E-state index contributed by atoms with van der Waals surface area (Å²) in [5, 5.41) is 14.9. The molecular formula is C40H2F78O2. The van der Waals surface area contributed by atoms with Crippen molar-refractivity contribution in [2.45, 2.75) is 225 Å². The summed E-state index contributed by atoms with van der Waals surface area (Å²) in [6.07, 6.45) is -16.6. The van der Waals surface area contributed by atoms with Crippen molar-refractivity contribution in [2.75, 3.05) is 0 Å². The average Bonchev–Trinajstić information content (AvgIpc) is 0.693. The largest absolute Gasteiger partial charge is 0.423 e. The Morgan fingerprint density at radius 3 is 0.200 bits per heavy atom. The number of allylic oxidation sites excluding steroid dienone is 2. The minimum absolute atomic E-state index is 7.47. The fourth-order valence-corrected chi connectivity index (χ4v) is 7.24. The number of hydrogen-bond acceptors (Lipinski definition) is 2. The molecule has 0 aliphatic carbocycles. The Labute approximate surface area is 591 Å². The molecule has 0 atom stereocenters. The van der Waals surface area contributed by atoms with E-state index >= 15 is 0 Å². The molecule has 0 amide bonds. The maximum atomic E-state index is 14.4. The van der Waals surface area contributed by atoms with Crippen LogP contribution in [-0.4, -0.2) is 236 Å². The van der Waals surface area contributed by atoms with E-state index in [4.69, 9.17) is 10.2 Å². The topological polar surface area (TPSA) is 40.5 Å². The van der Waals surface area contributed by atoms with Gasteiger partial charge in [0.15, 0.2) is 0 Å². The van der Waals surface area contributed by atoms with Crippen molar-refractivity contribution >= 4 is 0 Å². The summed E-state index contributed by atoms with van der Waals surface area (Å²) in [5.41, 5.74) is 0. The Hall–Kier alpha value is -5.80. The molecule has 0 bridgehead atoms. The first-order valence-corrected chi connectivity index (χ1v) is 24.9. The van der Waals surface area contributed by atoms with Gasteiger partial charge in [-0.05, 0) is 0 Å². The molecule has 2 N–H and O–H groups in total. The Kier molecular flexibility index (Phi) is 26.0. The summed E-state index contributed by atoms with van der Waals surface area (Å²) in [5.74, 6) is -404. The monoisotopic (exact) mass is 2000 g/mol. The highest BCUT2D eigenvalue weighted by molar-refractivity contribution is 5.31. The SMILES string of the molecule is OC(F)(F)C(F)(F)C(F)(F)C(F)(F)C(F)(F)C(F)(F)C(F)(F)C(F)(F)C(F)(F)C(F)(F)C(F)(F)C(F)(F)C(F)(F)C(F)(F)C(F)(F)C(F)(F)C(F)(F)C(F)(F)C(F)(F)C(F)=C(F)C(F)(F)C(F)(F)C(F)(F)C(F)(F)C(F)(F)C(F)(F)C(F)(F)C(F)(F)C(F)(F)C(F)(F)C(F)(F)C(F)(F)C(F)(F)C(F)(F)C(F)(F)C(F)(F)C(F)(F)C(F)(F)C(O)(F)F. The van der Waals surface area contributed by atoms with Crippen LogP contribution < -0.4 is 0 Å². The Morgan fingerprint density at radius 2 is 0.142 bits per heavy atom. The van der Waals surface area contributed by atoms with E-state index in [0.717, 1.165) is 0 Å². The number of rotatable bonds is 38. The molecule has 0 aromatic carbocycles. The third-order valence-corrected chi connectivity index (χ3v) is 14.9. The van der Waals surface area contributed by atoms with Crippen molar-refractivity contribution in [1.29, 1.82) is 0 Å². The van der Waals surface area contributed by atoms with Crippen LogP contribution in [0.5, 0.6) is 0 Å². The first-order chi connectivity index (χ1) is 50.1. The fourth-order valence-electron chi connectivity index (χ4n) is 7.24. The molecule has 0 aliphatic heterocycles. The molecule has 120 heavy (non-hydrogen) atoms. The van der Waals surface area contributed by atoms with Gasteiger partial charge in [0.1, 0.15) is 0 Å². The molecule has 80 heteroatoms. The van der Waals surface area contributed by atoms with E-state index in [-0.39, 0.29) is 0 Å². The van der Waals surface area contributed by atoms with Gasteiger partial charge in [0.2, 0.25) is 11.7 Å². The first kappa shape index (κ1) is 114. The van der Waals surface area contributed by atoms with Gasteiger partial charge in [0.25, 0.3) is 0 Å². The molecule has 0 fully saturated rings. The van der Waals surface area contributed by atoms with Crippen molar-refractivity contribution in [3.8, 4) is 0 Å². The summed E-state index contributed by atoms with van der Waals surface area (Å²) in [4.78, 5) is 0. The Bertz CT molecular complexity index is 3490. The highest BCUT2D eigenvalue weighted by atomic mass is 19.5. The maximum absolute atomic E-state index is 14.4. The quantitative estimate of drug-likeness (QED) is 0.0605. The minimum Gasteiger partial charge on any atom is -0.331 e. The van der Waals surface area contributed by atoms with E-state index in [1.165, 1.54) is 0 Å². The smallest absolute Gasteiger partial charge is 0.331 e. The molecule has 720 valence electrons. The van der Waals surface area contributed by atoms with Crippen LogP contribution in [0.25, 0.3) is 0 Å². The van der Waals surface area contributed by atoms with Crippen LogP contribution >= 0.6 is 0 Å². The van der Waals surface area contributed by atoms with Gasteiger partial charge in [-0.2, -0.15) is 334 Å². The average molecular weight is 2000 g/mol. The molecule has 0 saturated heterocycles. The molecule has 0 saturated carbocycles. The second-order valence-electron chi connectivity index (χ2n) is 22.4. The van der Waals surface area contributed by atoms with Crippen molar-refractivity contribution in [1.82, 2.24) is 0 Å². The molecule has 2 nitrogen and oxygen atoms in total. The van der Waals surface area contributed by atoms with Crippen molar-refractivity contribution in [3.05, 3.63) is 11.7 Å². The lowest BCUT2D eigenvalue weighted by atomic mass is 9.81. The van der Waals surface area contributed by atoms with Crippen LogP contribution in [0.15, 0.2) is 11.7 Å². The second kappa shape index (κ2) is 27.4. The first-order valence-electron chi connectivity index (χ1n) is 24.9. The lowest BCUT2D eigenvalue weighted by Gasteiger charge is -2.47. The maximum Gasteiger partial charge on any atom is 0.423 e. The molecule has 0 aromatic heterocycles. The van der Waals surface area contributed by atoms with Crippen LogP contribution in [0.4, 0.5) is 342 Å². The van der Waals surface area contributed by atoms with Crippen LogP contribution in [0.2, 0.25) is 0 Å². The Balaban J connectivity index is 8.56. The van der Waals surface area contributed by atoms with Gasteiger partial charge in [-0.3, -0.25) is 0 Å². The predicted octanol–water partition coefficient (Wildman–Crippen LogP) is 24.2. The van der Waals surface area contributed by atoms with Crippen LogP contribution in [-0.2, 0) is 0 Å². The molecular weight excluding hydrogens is 1990 g/mol. The zero-order valence-electron chi connectivity index (χ0n) is 50.4. The highest BCUT2D eigenvalue weighted by Gasteiger charge is 3.07. The Morgan fingerprint density at radius 1 is 0.0917 bits per heavy atom. The standard InChI is InChI=1S/C40H2F78O2/c41-1(3(43,44)5(47,48)7(51,52)9(55,56)11(59,60)13(63,64)15(67,68)17(71,72)19(75,76)21(79,80)23(83,84)25(87,88)27(91,92)29(95,96)31(99,100)33(103,104)35(107,108)37(111,112)39(115,116)119)2(42)4(45,46)6(49,50)8(53,54)10(57,58)12(61,62)14(65,66)16(69,70)18(73,74)20(77,78)22(81,82)24(85,86)26(89,90)28(93,94)30(97,98)32(101,102)34(105,106)36(109,110)38(113,114)40(117,118)120/h119-120H. The molecule has 0 spiro atoms. The van der Waals surface area contributed by atoms with Gasteiger partial charge >= 0.3 is 225 Å². The predicted molar refractivity (Wildman–Crippen MR) is 202 cm³/mol. The van der Waals surface area contributed by atoms with Gasteiger partial charge in [-0.15, -0.1) is 0 Å². The minimum atomic E-state index is -11.3. The number of hydrogen-bond donors (Lipinski definition) is 2. The number of aliphatic hydroxyl groups is 2. The van der Waals surface area contributed by atoms with Crippen molar-refractivity contribution < 1.29 is 353 Å². The summed E-state index contributed by atoms with van der Waals surface area (Å²) in [6.45, 7) is 0. The van der Waals surface area contributed by atoms with Gasteiger partial charge < -0.3 is 10.2 Å². The summed E-state index contributed by atoms with van der Waals surface area (Å²) >= 11 is 0. The molecule has 0 aromatic rings. The number of alkyl halides is 76. The van der Waals surface area contributed by atoms with E-state index in [1.807, 2.05) is 0 Å². The molecule has 0 radical (unpaired) electrons. The van der Waals surface area contributed by atoms with E-state index in [9.17, 15) is 342 Å². The normalized spacial score (nSPS) is 17.8. The lowest BCUT2D eigenvalue weighted by Crippen LogP contribution is -2.80. The van der Waals surface area contributed by atoms with E-state index in [1.54, 1.807) is 0 Å². The van der Waals surface area contributed by atoms with Crippen LogP contribution in [0.1, 0.15) is 0 Å². The van der Waals surface area contributed by atoms with E-state index in [0.29, 0.717) is 0 Å². The van der Waals surface area contributed by atoms with Crippen molar-refractivity contribution in [2.24, 2.45) is 0 Å². The fraction of sp³-hybridized carbons (Fsp3) is 0.950.